The molecule has 1 unspecified atom stereocenters. The second-order valence-electron chi connectivity index (χ2n) is 6.68. The third kappa shape index (κ3) is 3.40. The lowest BCUT2D eigenvalue weighted by Crippen LogP contribution is -2.56. The Morgan fingerprint density at radius 3 is 2.80 bits per heavy atom. The van der Waals surface area contributed by atoms with Gasteiger partial charge in [0.15, 0.2) is 0 Å². The lowest BCUT2D eigenvalue weighted by atomic mass is 10.0. The monoisotopic (exact) mass is 367 g/mol. The maximum atomic E-state index is 11.4. The fraction of sp³-hybridized carbons (Fsp3) is 0.688. The van der Waals surface area contributed by atoms with Crippen LogP contribution in [0.2, 0.25) is 0 Å². The number of likely N-dealkylation sites (tertiary alicyclic amines) is 1. The fourth-order valence-electron chi connectivity index (χ4n) is 3.52. The zero-order valence-corrected chi connectivity index (χ0v) is 15.7. The summed E-state index contributed by atoms with van der Waals surface area (Å²) in [5, 5.41) is 9.56. The quantitative estimate of drug-likeness (QED) is 0.778. The van der Waals surface area contributed by atoms with Gasteiger partial charge in [-0.2, -0.15) is 4.98 Å². The maximum absolute atomic E-state index is 11.4. The summed E-state index contributed by atoms with van der Waals surface area (Å²) < 4.78 is 11.3. The van der Waals surface area contributed by atoms with E-state index >= 15 is 0 Å². The summed E-state index contributed by atoms with van der Waals surface area (Å²) in [5.41, 5.74) is 5.26. The van der Waals surface area contributed by atoms with E-state index in [0.29, 0.717) is 11.7 Å². The summed E-state index contributed by atoms with van der Waals surface area (Å²) in [7, 11) is 1.65. The van der Waals surface area contributed by atoms with Crippen LogP contribution in [-0.2, 0) is 15.3 Å². The predicted octanol–water partition coefficient (Wildman–Crippen LogP) is 1.43. The molecule has 1 amide bonds. The van der Waals surface area contributed by atoms with Crippen molar-refractivity contribution >= 4 is 17.7 Å². The van der Waals surface area contributed by atoms with Crippen LogP contribution in [-0.4, -0.2) is 46.0 Å². The lowest BCUT2D eigenvalue weighted by molar-refractivity contribution is -0.133. The highest BCUT2D eigenvalue weighted by molar-refractivity contribution is 8.03. The van der Waals surface area contributed by atoms with E-state index in [1.165, 1.54) is 18.2 Å². The molecule has 138 valence electrons. The van der Waals surface area contributed by atoms with Gasteiger partial charge in [-0.05, 0) is 25.2 Å². The number of aromatic nitrogens is 2. The summed E-state index contributed by atoms with van der Waals surface area (Å²) in [5.74, 6) is 0.602. The SMILES string of the molecule is COC(C1=CS[C@@](C)(CC(N)=O)N1)(c1noc(C)n1)N1CCCCC1. The lowest BCUT2D eigenvalue weighted by Gasteiger charge is -2.43. The Bertz CT molecular complexity index is 672. The molecule has 2 aliphatic heterocycles. The van der Waals surface area contributed by atoms with E-state index < -0.39 is 10.6 Å². The molecule has 2 atom stereocenters. The highest BCUT2D eigenvalue weighted by Gasteiger charge is 2.51. The highest BCUT2D eigenvalue weighted by Crippen LogP contribution is 2.44. The van der Waals surface area contributed by atoms with Crippen LogP contribution in [0.3, 0.4) is 0 Å². The van der Waals surface area contributed by atoms with Gasteiger partial charge in [0.25, 0.3) is 0 Å². The van der Waals surface area contributed by atoms with Gasteiger partial charge in [0.1, 0.15) is 0 Å². The number of thioether (sulfide) groups is 1. The van der Waals surface area contributed by atoms with E-state index in [4.69, 9.17) is 15.0 Å². The van der Waals surface area contributed by atoms with Crippen molar-refractivity contribution in [1.82, 2.24) is 20.4 Å². The molecule has 25 heavy (non-hydrogen) atoms. The molecular formula is C16H25N5O3S. The average Bonchev–Trinajstić information content (AvgIpc) is 3.16. The molecule has 2 aliphatic rings. The topological polar surface area (TPSA) is 107 Å². The van der Waals surface area contributed by atoms with Crippen LogP contribution in [0.5, 0.6) is 0 Å². The van der Waals surface area contributed by atoms with Crippen molar-refractivity contribution in [3.8, 4) is 0 Å². The largest absolute Gasteiger partial charge is 0.370 e. The number of piperidine rings is 1. The van der Waals surface area contributed by atoms with E-state index in [-0.39, 0.29) is 12.3 Å². The Labute approximate surface area is 151 Å². The van der Waals surface area contributed by atoms with Crippen LogP contribution < -0.4 is 11.1 Å². The van der Waals surface area contributed by atoms with Gasteiger partial charge in [0.05, 0.1) is 17.0 Å². The van der Waals surface area contributed by atoms with E-state index in [1.807, 2.05) is 12.3 Å². The van der Waals surface area contributed by atoms with Crippen LogP contribution >= 0.6 is 11.8 Å². The Hall–Kier alpha value is -1.58. The van der Waals surface area contributed by atoms with Gasteiger partial charge in [-0.1, -0.05) is 11.6 Å². The molecule has 0 aliphatic carbocycles. The van der Waals surface area contributed by atoms with Crippen molar-refractivity contribution in [3.63, 3.8) is 0 Å². The first-order valence-electron chi connectivity index (χ1n) is 8.45. The van der Waals surface area contributed by atoms with E-state index in [9.17, 15) is 4.79 Å². The number of nitrogens with one attached hydrogen (secondary N) is 1. The molecule has 1 aromatic rings. The predicted molar refractivity (Wildman–Crippen MR) is 94.2 cm³/mol. The number of hydrogen-bond donors (Lipinski definition) is 2. The van der Waals surface area contributed by atoms with E-state index in [1.54, 1.807) is 14.0 Å². The minimum Gasteiger partial charge on any atom is -0.370 e. The molecule has 0 aromatic carbocycles. The van der Waals surface area contributed by atoms with Crippen LogP contribution in [0.25, 0.3) is 0 Å². The van der Waals surface area contributed by atoms with E-state index in [2.05, 4.69) is 20.4 Å². The maximum Gasteiger partial charge on any atom is 0.227 e. The molecule has 1 fully saturated rings. The summed E-state index contributed by atoms with van der Waals surface area (Å²) in [6.45, 7) is 5.45. The number of carbonyl (C=O) groups excluding carboxylic acids is 1. The smallest absolute Gasteiger partial charge is 0.227 e. The molecule has 0 spiro atoms. The average molecular weight is 367 g/mol. The first-order valence-corrected chi connectivity index (χ1v) is 9.33. The fourth-order valence-corrected chi connectivity index (χ4v) is 4.52. The molecule has 0 radical (unpaired) electrons. The standard InChI is InChI=1S/C16H25N5O3S/c1-11-18-14(20-24-11)16(23-3,21-7-5-4-6-8-21)12-10-25-15(2,19-12)9-13(17)22/h10,19H,4-9H2,1-3H3,(H2,17,22)/t15-,16?/m0/s1. The van der Waals surface area contributed by atoms with Crippen LogP contribution in [0.4, 0.5) is 0 Å². The minimum absolute atomic E-state index is 0.211. The number of amides is 1. The van der Waals surface area contributed by atoms with Crippen molar-refractivity contribution < 1.29 is 14.1 Å². The van der Waals surface area contributed by atoms with Gasteiger partial charge in [-0.3, -0.25) is 9.69 Å². The second kappa shape index (κ2) is 6.97. The molecule has 9 heteroatoms. The number of hydrogen-bond acceptors (Lipinski definition) is 8. The number of primary amides is 1. The number of carbonyl (C=O) groups is 1. The molecule has 1 saturated heterocycles. The van der Waals surface area contributed by atoms with Crippen molar-refractivity contribution in [2.75, 3.05) is 20.2 Å². The van der Waals surface area contributed by atoms with Crippen molar-refractivity contribution in [2.24, 2.45) is 5.73 Å². The third-order valence-electron chi connectivity index (χ3n) is 4.64. The first-order chi connectivity index (χ1) is 11.9. The molecule has 8 nitrogen and oxygen atoms in total. The Morgan fingerprint density at radius 1 is 1.52 bits per heavy atom. The molecule has 3 heterocycles. The van der Waals surface area contributed by atoms with Gasteiger partial charge in [-0.25, -0.2) is 0 Å². The molecule has 3 rings (SSSR count). The van der Waals surface area contributed by atoms with E-state index in [0.717, 1.165) is 31.6 Å². The first kappa shape index (κ1) is 18.2. The summed E-state index contributed by atoms with van der Waals surface area (Å²) in [4.78, 5) is 17.6. The normalized spacial score (nSPS) is 26.8. The van der Waals surface area contributed by atoms with Gasteiger partial charge in [0, 0.05) is 27.1 Å². The summed E-state index contributed by atoms with van der Waals surface area (Å²) >= 11 is 1.52. The number of ether oxygens (including phenoxy) is 1. The van der Waals surface area contributed by atoms with Crippen molar-refractivity contribution in [3.05, 3.63) is 22.8 Å². The summed E-state index contributed by atoms with van der Waals surface area (Å²) in [6.07, 6.45) is 3.58. The molecule has 0 saturated carbocycles. The molecule has 1 aromatic heterocycles. The highest BCUT2D eigenvalue weighted by atomic mass is 32.2. The van der Waals surface area contributed by atoms with Crippen molar-refractivity contribution in [1.29, 1.82) is 0 Å². The number of nitrogens with two attached hydrogens (primary N) is 1. The second-order valence-corrected chi connectivity index (χ2v) is 8.05. The zero-order valence-electron chi connectivity index (χ0n) is 14.9. The van der Waals surface area contributed by atoms with Gasteiger partial charge in [-0.15, -0.1) is 11.8 Å². The van der Waals surface area contributed by atoms with Crippen molar-refractivity contribution in [2.45, 2.75) is 50.1 Å². The minimum atomic E-state index is -0.958. The number of rotatable bonds is 6. The van der Waals surface area contributed by atoms with Crippen LogP contribution in [0.15, 0.2) is 15.6 Å². The Morgan fingerprint density at radius 2 is 2.24 bits per heavy atom. The van der Waals surface area contributed by atoms with Crippen LogP contribution in [0, 0.1) is 6.92 Å². The molecule has 3 N–H and O–H groups in total. The number of methoxy groups -OCH3 is 1. The summed E-state index contributed by atoms with van der Waals surface area (Å²) in [6, 6.07) is 0. The number of aryl methyl sites for hydroxylation is 1. The van der Waals surface area contributed by atoms with Gasteiger partial charge < -0.3 is 20.3 Å². The molecule has 0 bridgehead atoms. The number of nitrogens with zero attached hydrogens (tertiary/aromatic N) is 3. The van der Waals surface area contributed by atoms with Gasteiger partial charge in [0.2, 0.25) is 23.3 Å². The van der Waals surface area contributed by atoms with Crippen LogP contribution in [0.1, 0.15) is 44.3 Å². The zero-order chi connectivity index (χ0) is 18.1. The Kier molecular flexibility index (Phi) is 5.08. The van der Waals surface area contributed by atoms with Gasteiger partial charge >= 0.3 is 0 Å². The molecular weight excluding hydrogens is 342 g/mol. The Balaban J connectivity index is 1.98. The third-order valence-corrected chi connectivity index (χ3v) is 5.76.